The van der Waals surface area contributed by atoms with E-state index in [9.17, 15) is 0 Å². The number of nitrogens with zero attached hydrogens (tertiary/aromatic N) is 1. The van der Waals surface area contributed by atoms with Crippen molar-refractivity contribution in [3.8, 4) is 0 Å². The maximum absolute atomic E-state index is 6.08. The third-order valence-corrected chi connectivity index (χ3v) is 4.21. The van der Waals surface area contributed by atoms with Crippen molar-refractivity contribution in [3.05, 3.63) is 35.9 Å². The molecule has 1 aromatic rings. The number of likely N-dealkylation sites (N-methyl/N-ethyl adjacent to an activating group) is 1. The second-order valence-electron chi connectivity index (χ2n) is 5.97. The summed E-state index contributed by atoms with van der Waals surface area (Å²) < 4.78 is 0. The molecule has 108 valence electrons. The molecule has 0 fully saturated rings. The fraction of sp³-hybridized carbons (Fsp3) is 0.647. The van der Waals surface area contributed by atoms with Gasteiger partial charge in [0.1, 0.15) is 0 Å². The molecule has 0 saturated carbocycles. The minimum absolute atomic E-state index is 0.0464. The predicted octanol–water partition coefficient (Wildman–Crippen LogP) is 3.27. The van der Waals surface area contributed by atoms with Crippen LogP contribution >= 0.6 is 0 Å². The molecule has 0 bridgehead atoms. The maximum Gasteiger partial charge on any atom is 0.0174 e. The smallest absolute Gasteiger partial charge is 0.0174 e. The Hall–Kier alpha value is -0.860. The van der Waals surface area contributed by atoms with Crippen LogP contribution in [0.5, 0.6) is 0 Å². The Morgan fingerprint density at radius 2 is 1.84 bits per heavy atom. The first kappa shape index (κ1) is 16.2. The molecule has 2 atom stereocenters. The highest BCUT2D eigenvalue weighted by Crippen LogP contribution is 2.24. The molecular formula is C17H30N2. The van der Waals surface area contributed by atoms with Gasteiger partial charge in [-0.15, -0.1) is 0 Å². The molecule has 2 nitrogen and oxygen atoms in total. The molecule has 2 unspecified atom stereocenters. The van der Waals surface area contributed by atoms with Gasteiger partial charge in [-0.25, -0.2) is 0 Å². The fourth-order valence-corrected chi connectivity index (χ4v) is 2.48. The molecule has 0 saturated heterocycles. The van der Waals surface area contributed by atoms with Gasteiger partial charge in [-0.2, -0.15) is 0 Å². The Morgan fingerprint density at radius 3 is 2.32 bits per heavy atom. The molecule has 0 heterocycles. The minimum atomic E-state index is 0.0464. The molecule has 2 N–H and O–H groups in total. The van der Waals surface area contributed by atoms with Crippen molar-refractivity contribution in [2.24, 2.45) is 11.7 Å². The Kier molecular flexibility index (Phi) is 6.53. The van der Waals surface area contributed by atoms with Crippen LogP contribution in [0.2, 0.25) is 0 Å². The molecular weight excluding hydrogens is 232 g/mol. The third-order valence-electron chi connectivity index (χ3n) is 4.21. The van der Waals surface area contributed by atoms with Gasteiger partial charge in [0, 0.05) is 25.0 Å². The second-order valence-corrected chi connectivity index (χ2v) is 5.97. The summed E-state index contributed by atoms with van der Waals surface area (Å²) in [6.07, 6.45) is 1.24. The molecule has 0 amide bonds. The zero-order valence-electron chi connectivity index (χ0n) is 13.0. The van der Waals surface area contributed by atoms with E-state index < -0.39 is 0 Å². The van der Waals surface area contributed by atoms with Crippen LogP contribution in [0.3, 0.4) is 0 Å². The van der Waals surface area contributed by atoms with Crippen molar-refractivity contribution >= 4 is 0 Å². The maximum atomic E-state index is 6.08. The van der Waals surface area contributed by atoms with Crippen LogP contribution in [-0.2, 0) is 5.41 Å². The number of hydrogen-bond donors (Lipinski definition) is 1. The van der Waals surface area contributed by atoms with Gasteiger partial charge in [0.05, 0.1) is 0 Å². The lowest BCUT2D eigenvalue weighted by atomic mass is 9.82. The number of rotatable bonds is 8. The van der Waals surface area contributed by atoms with Crippen molar-refractivity contribution in [1.82, 2.24) is 4.90 Å². The van der Waals surface area contributed by atoms with Crippen molar-refractivity contribution in [2.45, 2.75) is 39.5 Å². The summed E-state index contributed by atoms with van der Waals surface area (Å²) in [5, 5.41) is 0. The number of hydrogen-bond acceptors (Lipinski definition) is 2. The third kappa shape index (κ3) is 4.63. The topological polar surface area (TPSA) is 29.3 Å². The molecule has 0 aliphatic heterocycles. The van der Waals surface area contributed by atoms with E-state index in [0.29, 0.717) is 6.54 Å². The normalized spacial score (nSPS) is 16.3. The molecule has 0 aliphatic carbocycles. The van der Waals surface area contributed by atoms with Gasteiger partial charge in [-0.05, 0) is 18.0 Å². The van der Waals surface area contributed by atoms with Gasteiger partial charge in [0.25, 0.3) is 0 Å². The summed E-state index contributed by atoms with van der Waals surface area (Å²) in [6, 6.07) is 10.7. The van der Waals surface area contributed by atoms with E-state index in [1.165, 1.54) is 12.0 Å². The van der Waals surface area contributed by atoms with Crippen LogP contribution in [0.1, 0.15) is 39.7 Å². The van der Waals surface area contributed by atoms with Crippen molar-refractivity contribution < 1.29 is 0 Å². The predicted molar refractivity (Wildman–Crippen MR) is 84.4 cm³/mol. The largest absolute Gasteiger partial charge is 0.330 e. The van der Waals surface area contributed by atoms with E-state index in [2.05, 4.69) is 62.9 Å². The monoisotopic (exact) mass is 262 g/mol. The molecule has 0 spiro atoms. The van der Waals surface area contributed by atoms with E-state index >= 15 is 0 Å². The second kappa shape index (κ2) is 7.66. The molecule has 0 aliphatic rings. The van der Waals surface area contributed by atoms with Gasteiger partial charge >= 0.3 is 0 Å². The average molecular weight is 262 g/mol. The molecule has 1 rings (SSSR count). The van der Waals surface area contributed by atoms with Crippen molar-refractivity contribution in [1.29, 1.82) is 0 Å². The molecule has 1 aromatic carbocycles. The molecule has 0 radical (unpaired) electrons. The Bertz CT molecular complexity index is 350. The van der Waals surface area contributed by atoms with Crippen LogP contribution in [0.25, 0.3) is 0 Å². The van der Waals surface area contributed by atoms with Crippen LogP contribution in [0.15, 0.2) is 30.3 Å². The number of benzene rings is 1. The fourth-order valence-electron chi connectivity index (χ4n) is 2.48. The average Bonchev–Trinajstić information content (AvgIpc) is 2.47. The highest BCUT2D eigenvalue weighted by Gasteiger charge is 2.27. The minimum Gasteiger partial charge on any atom is -0.330 e. The highest BCUT2D eigenvalue weighted by atomic mass is 15.1. The van der Waals surface area contributed by atoms with E-state index in [-0.39, 0.29) is 5.41 Å². The van der Waals surface area contributed by atoms with Gasteiger partial charge in [-0.1, -0.05) is 64.4 Å². The lowest BCUT2D eigenvalue weighted by molar-refractivity contribution is 0.199. The zero-order valence-corrected chi connectivity index (χ0v) is 13.0. The zero-order chi connectivity index (χ0) is 14.3. The first-order valence-corrected chi connectivity index (χ1v) is 7.53. The van der Waals surface area contributed by atoms with Crippen LogP contribution in [-0.4, -0.2) is 31.1 Å². The van der Waals surface area contributed by atoms with Gasteiger partial charge in [0.2, 0.25) is 0 Å². The lowest BCUT2D eigenvalue weighted by Gasteiger charge is -2.36. The van der Waals surface area contributed by atoms with Gasteiger partial charge in [0.15, 0.2) is 0 Å². The summed E-state index contributed by atoms with van der Waals surface area (Å²) >= 11 is 0. The summed E-state index contributed by atoms with van der Waals surface area (Å²) in [5.74, 6) is 0.748. The Morgan fingerprint density at radius 1 is 1.21 bits per heavy atom. The standard InChI is InChI=1S/C17H30N2/c1-5-15(3)12-19(6-2)14-17(4,13-18)16-10-8-7-9-11-16/h7-11,15H,5-6,12-14,18H2,1-4H3. The van der Waals surface area contributed by atoms with Crippen LogP contribution in [0, 0.1) is 5.92 Å². The first-order chi connectivity index (χ1) is 9.05. The summed E-state index contributed by atoms with van der Waals surface area (Å²) in [7, 11) is 0. The van der Waals surface area contributed by atoms with Gasteiger partial charge < -0.3 is 10.6 Å². The summed E-state index contributed by atoms with van der Waals surface area (Å²) in [5.41, 5.74) is 7.47. The van der Waals surface area contributed by atoms with E-state index in [1.54, 1.807) is 0 Å². The summed E-state index contributed by atoms with van der Waals surface area (Å²) in [6.45, 7) is 13.1. The SMILES string of the molecule is CCC(C)CN(CC)CC(C)(CN)c1ccccc1. The van der Waals surface area contributed by atoms with Crippen molar-refractivity contribution in [2.75, 3.05) is 26.2 Å². The van der Waals surface area contributed by atoms with E-state index in [4.69, 9.17) is 5.73 Å². The van der Waals surface area contributed by atoms with Gasteiger partial charge in [-0.3, -0.25) is 0 Å². The quantitative estimate of drug-likeness (QED) is 0.779. The van der Waals surface area contributed by atoms with E-state index in [0.717, 1.165) is 25.6 Å². The summed E-state index contributed by atoms with van der Waals surface area (Å²) in [4.78, 5) is 2.54. The van der Waals surface area contributed by atoms with Crippen LogP contribution < -0.4 is 5.73 Å². The number of nitrogens with two attached hydrogens (primary N) is 1. The Balaban J connectivity index is 2.79. The lowest BCUT2D eigenvalue weighted by Crippen LogP contribution is -2.45. The molecule has 2 heteroatoms. The Labute approximate surface area is 119 Å². The molecule has 0 aromatic heterocycles. The molecule has 19 heavy (non-hydrogen) atoms. The van der Waals surface area contributed by atoms with Crippen LogP contribution in [0.4, 0.5) is 0 Å². The highest BCUT2D eigenvalue weighted by molar-refractivity contribution is 5.25. The first-order valence-electron chi connectivity index (χ1n) is 7.53. The van der Waals surface area contributed by atoms with E-state index in [1.807, 2.05) is 0 Å². The van der Waals surface area contributed by atoms with Crippen molar-refractivity contribution in [3.63, 3.8) is 0 Å².